The van der Waals surface area contributed by atoms with Crippen molar-refractivity contribution >= 4 is 34.8 Å². The molecule has 2 saturated heterocycles. The lowest BCUT2D eigenvalue weighted by molar-refractivity contribution is 0.199. The molecule has 4 rings (SSSR count). The van der Waals surface area contributed by atoms with E-state index >= 15 is 0 Å². The lowest BCUT2D eigenvalue weighted by atomic mass is 10.2. The molecule has 7 heteroatoms. The van der Waals surface area contributed by atoms with Gasteiger partial charge in [-0.25, -0.2) is 0 Å². The Hall–Kier alpha value is -1.96. The summed E-state index contributed by atoms with van der Waals surface area (Å²) in [6.07, 6.45) is 0. The Balaban J connectivity index is 1.30. The molecule has 30 heavy (non-hydrogen) atoms. The van der Waals surface area contributed by atoms with E-state index in [1.165, 1.54) is 11.3 Å². The molecule has 2 heterocycles. The molecule has 1 unspecified atom stereocenters. The van der Waals surface area contributed by atoms with Gasteiger partial charge in [0.1, 0.15) is 17.7 Å². The summed E-state index contributed by atoms with van der Waals surface area (Å²) < 4.78 is 6.27. The van der Waals surface area contributed by atoms with Gasteiger partial charge in [0.2, 0.25) is 0 Å². The van der Waals surface area contributed by atoms with Gasteiger partial charge < -0.3 is 19.9 Å². The molecule has 0 radical (unpaired) electrons. The van der Waals surface area contributed by atoms with E-state index < -0.39 is 0 Å². The van der Waals surface area contributed by atoms with E-state index in [0.717, 1.165) is 55.9 Å². The van der Waals surface area contributed by atoms with Gasteiger partial charge in [-0.3, -0.25) is 4.90 Å². The molecule has 2 aliphatic heterocycles. The minimum absolute atomic E-state index is 0.218. The smallest absolute Gasteiger partial charge is 0.169 e. The zero-order chi connectivity index (χ0) is 20.8. The number of hydrogen-bond donors (Lipinski definition) is 1. The maximum absolute atomic E-state index is 6.27. The van der Waals surface area contributed by atoms with Gasteiger partial charge in [0.15, 0.2) is 5.11 Å². The van der Waals surface area contributed by atoms with E-state index in [1.54, 1.807) is 0 Å². The molecule has 1 atom stereocenters. The van der Waals surface area contributed by atoms with Crippen molar-refractivity contribution in [3.63, 3.8) is 0 Å². The predicted octanol–water partition coefficient (Wildman–Crippen LogP) is 3.44. The zero-order valence-corrected chi connectivity index (χ0v) is 19.1. The summed E-state index contributed by atoms with van der Waals surface area (Å²) in [5.41, 5.74) is 2.53. The van der Waals surface area contributed by atoms with Crippen molar-refractivity contribution in [1.82, 2.24) is 15.1 Å². The molecule has 2 fully saturated rings. The molecule has 0 bridgehead atoms. The van der Waals surface area contributed by atoms with Crippen molar-refractivity contribution in [1.29, 1.82) is 0 Å². The van der Waals surface area contributed by atoms with Crippen LogP contribution in [0.4, 0.5) is 5.69 Å². The van der Waals surface area contributed by atoms with Crippen LogP contribution in [-0.4, -0.2) is 73.6 Å². The van der Waals surface area contributed by atoms with Crippen LogP contribution in [0.3, 0.4) is 0 Å². The number of anilines is 1. The summed E-state index contributed by atoms with van der Waals surface area (Å²) in [4.78, 5) is 7.21. The maximum atomic E-state index is 6.27. The van der Waals surface area contributed by atoms with Gasteiger partial charge in [0.05, 0.1) is 0 Å². The van der Waals surface area contributed by atoms with Crippen LogP contribution in [0.5, 0.6) is 5.75 Å². The van der Waals surface area contributed by atoms with Gasteiger partial charge >= 0.3 is 0 Å². The summed E-state index contributed by atoms with van der Waals surface area (Å²) in [6, 6.07) is 19.1. The first kappa shape index (κ1) is 21.3. The van der Waals surface area contributed by atoms with E-state index in [2.05, 4.69) is 74.6 Å². The van der Waals surface area contributed by atoms with Crippen molar-refractivity contribution in [2.45, 2.75) is 5.37 Å². The number of ether oxygens (including phenoxy) is 1. The van der Waals surface area contributed by atoms with Crippen LogP contribution in [-0.2, 0) is 0 Å². The topological polar surface area (TPSA) is 31.0 Å². The van der Waals surface area contributed by atoms with E-state index in [4.69, 9.17) is 17.0 Å². The van der Waals surface area contributed by atoms with Crippen LogP contribution >= 0.6 is 24.0 Å². The Morgan fingerprint density at radius 2 is 1.77 bits per heavy atom. The van der Waals surface area contributed by atoms with Crippen LogP contribution in [0.2, 0.25) is 0 Å². The monoisotopic (exact) mass is 442 g/mol. The van der Waals surface area contributed by atoms with Gasteiger partial charge in [-0.15, -0.1) is 11.8 Å². The van der Waals surface area contributed by atoms with Crippen molar-refractivity contribution in [3.05, 3.63) is 60.2 Å². The Kier molecular flexibility index (Phi) is 7.36. The Morgan fingerprint density at radius 3 is 2.53 bits per heavy atom. The van der Waals surface area contributed by atoms with Crippen LogP contribution in [0.15, 0.2) is 54.6 Å². The first-order valence-electron chi connectivity index (χ1n) is 10.6. The van der Waals surface area contributed by atoms with Crippen molar-refractivity contribution in [3.8, 4) is 5.75 Å². The van der Waals surface area contributed by atoms with E-state index in [-0.39, 0.29) is 5.37 Å². The highest BCUT2D eigenvalue weighted by Crippen LogP contribution is 2.41. The van der Waals surface area contributed by atoms with Gasteiger partial charge in [-0.2, -0.15) is 0 Å². The number of nitrogens with one attached hydrogen (secondary N) is 1. The SMILES string of the molecule is CNC(=S)N1CCSC1c1ccccc1OCCN1CCN(c2ccccc2)CC1. The largest absolute Gasteiger partial charge is 0.492 e. The average Bonchev–Trinajstić information content (AvgIpc) is 3.30. The normalized spacial score (nSPS) is 19.7. The van der Waals surface area contributed by atoms with Crippen LogP contribution in [0.25, 0.3) is 0 Å². The third kappa shape index (κ3) is 5.02. The van der Waals surface area contributed by atoms with E-state index in [0.29, 0.717) is 6.61 Å². The Bertz CT molecular complexity index is 827. The van der Waals surface area contributed by atoms with Crippen LogP contribution in [0.1, 0.15) is 10.9 Å². The number of benzene rings is 2. The second-order valence-electron chi connectivity index (χ2n) is 7.52. The maximum Gasteiger partial charge on any atom is 0.169 e. The van der Waals surface area contributed by atoms with Crippen molar-refractivity contribution < 1.29 is 4.74 Å². The van der Waals surface area contributed by atoms with Crippen LogP contribution in [0, 0.1) is 0 Å². The number of para-hydroxylation sites is 2. The molecule has 5 nitrogen and oxygen atoms in total. The Morgan fingerprint density at radius 1 is 1.03 bits per heavy atom. The average molecular weight is 443 g/mol. The third-order valence-electron chi connectivity index (χ3n) is 5.71. The summed E-state index contributed by atoms with van der Waals surface area (Å²) >= 11 is 7.43. The summed E-state index contributed by atoms with van der Waals surface area (Å²) in [6.45, 7) is 6.90. The highest BCUT2D eigenvalue weighted by Gasteiger charge is 2.30. The second-order valence-corrected chi connectivity index (χ2v) is 9.10. The molecule has 160 valence electrons. The summed E-state index contributed by atoms with van der Waals surface area (Å²) in [7, 11) is 1.89. The highest BCUT2D eigenvalue weighted by molar-refractivity contribution is 7.99. The molecular formula is C23H30N4OS2. The quantitative estimate of drug-likeness (QED) is 0.686. The molecular weight excluding hydrogens is 412 g/mol. The molecule has 0 amide bonds. The van der Waals surface area contributed by atoms with E-state index in [1.807, 2.05) is 18.8 Å². The van der Waals surface area contributed by atoms with Gasteiger partial charge in [0, 0.05) is 63.3 Å². The van der Waals surface area contributed by atoms with Crippen molar-refractivity contribution in [2.75, 3.05) is 63.6 Å². The Labute approximate surface area is 189 Å². The minimum Gasteiger partial charge on any atom is -0.492 e. The minimum atomic E-state index is 0.218. The molecule has 0 saturated carbocycles. The molecule has 2 aromatic rings. The molecule has 0 aromatic heterocycles. The van der Waals surface area contributed by atoms with Gasteiger partial charge in [-0.1, -0.05) is 36.4 Å². The number of hydrogen-bond acceptors (Lipinski definition) is 5. The standard InChI is InChI=1S/C23H30N4OS2/c1-24-23(29)27-16-18-30-22(27)20-9-5-6-10-21(20)28-17-15-25-11-13-26(14-12-25)19-7-3-2-4-8-19/h2-10,22H,11-18H2,1H3,(H,24,29). The van der Waals surface area contributed by atoms with Gasteiger partial charge in [-0.05, 0) is 30.4 Å². The number of rotatable bonds is 6. The molecule has 2 aromatic carbocycles. The second kappa shape index (κ2) is 10.4. The lowest BCUT2D eigenvalue weighted by Crippen LogP contribution is -2.47. The lowest BCUT2D eigenvalue weighted by Gasteiger charge is -2.36. The third-order valence-corrected chi connectivity index (χ3v) is 7.39. The summed E-state index contributed by atoms with van der Waals surface area (Å²) in [5.74, 6) is 2.05. The molecule has 1 N–H and O–H groups in total. The number of thioether (sulfide) groups is 1. The van der Waals surface area contributed by atoms with Crippen LogP contribution < -0.4 is 15.0 Å². The fourth-order valence-corrected chi connectivity index (χ4v) is 5.60. The zero-order valence-electron chi connectivity index (χ0n) is 17.5. The van der Waals surface area contributed by atoms with E-state index in [9.17, 15) is 0 Å². The molecule has 2 aliphatic rings. The predicted molar refractivity (Wildman–Crippen MR) is 131 cm³/mol. The number of nitrogens with zero attached hydrogens (tertiary/aromatic N) is 3. The fraction of sp³-hybridized carbons (Fsp3) is 0.435. The first-order valence-corrected chi connectivity index (χ1v) is 12.1. The number of piperazine rings is 1. The highest BCUT2D eigenvalue weighted by atomic mass is 32.2. The first-order chi connectivity index (χ1) is 14.8. The molecule has 0 aliphatic carbocycles. The van der Waals surface area contributed by atoms with Gasteiger partial charge in [0.25, 0.3) is 0 Å². The number of thiocarbonyl (C=S) groups is 1. The fourth-order valence-electron chi connectivity index (χ4n) is 4.05. The molecule has 0 spiro atoms. The summed E-state index contributed by atoms with van der Waals surface area (Å²) in [5, 5.41) is 4.14. The van der Waals surface area contributed by atoms with Crippen molar-refractivity contribution in [2.24, 2.45) is 0 Å².